The van der Waals surface area contributed by atoms with Crippen LogP contribution < -0.4 is 14.9 Å². The average Bonchev–Trinajstić information content (AvgIpc) is 3.05. The zero-order valence-corrected chi connectivity index (χ0v) is 16.2. The van der Waals surface area contributed by atoms with Crippen LogP contribution in [0.1, 0.15) is 17.0 Å². The van der Waals surface area contributed by atoms with Gasteiger partial charge in [0.15, 0.2) is 11.5 Å². The minimum atomic E-state index is -0.217. The summed E-state index contributed by atoms with van der Waals surface area (Å²) in [6.07, 6.45) is 0. The highest BCUT2D eigenvalue weighted by atomic mass is 32.2. The van der Waals surface area contributed by atoms with Crippen LogP contribution in [-0.2, 0) is 12.3 Å². The van der Waals surface area contributed by atoms with E-state index in [4.69, 9.17) is 9.47 Å². The van der Waals surface area contributed by atoms with Crippen molar-refractivity contribution >= 4 is 11.8 Å². The van der Waals surface area contributed by atoms with Crippen LogP contribution in [0.5, 0.6) is 11.5 Å². The van der Waals surface area contributed by atoms with Gasteiger partial charge in [-0.15, -0.1) is 10.2 Å². The molecule has 8 heteroatoms. The van der Waals surface area contributed by atoms with Gasteiger partial charge in [0.2, 0.25) is 5.16 Å². The topological polar surface area (TPSA) is 61.2 Å². The summed E-state index contributed by atoms with van der Waals surface area (Å²) in [6.45, 7) is 2.41. The molecule has 0 fully saturated rings. The van der Waals surface area contributed by atoms with Crippen molar-refractivity contribution in [3.8, 4) is 11.5 Å². The summed E-state index contributed by atoms with van der Waals surface area (Å²) in [5.41, 5.74) is 4.95. The molecule has 0 atom stereocenters. The summed E-state index contributed by atoms with van der Waals surface area (Å²) in [4.78, 5) is 0. The Balaban J connectivity index is 1.69. The number of halogens is 1. The Labute approximate surface area is 161 Å². The molecule has 3 aromatic rings. The third-order valence-corrected chi connectivity index (χ3v) is 4.98. The van der Waals surface area contributed by atoms with Crippen LogP contribution in [0.25, 0.3) is 0 Å². The molecule has 1 heterocycles. The normalized spacial score (nSPS) is 10.7. The monoisotopic (exact) mass is 388 g/mol. The van der Waals surface area contributed by atoms with Crippen molar-refractivity contribution in [2.45, 2.75) is 24.4 Å². The Morgan fingerprint density at radius 1 is 1.07 bits per heavy atom. The molecule has 0 bridgehead atoms. The van der Waals surface area contributed by atoms with E-state index in [0.29, 0.717) is 34.5 Å². The van der Waals surface area contributed by atoms with E-state index in [1.807, 2.05) is 35.9 Å². The fraction of sp³-hybridized carbons (Fsp3) is 0.263. The summed E-state index contributed by atoms with van der Waals surface area (Å²) in [5.74, 6) is 2.34. The van der Waals surface area contributed by atoms with Crippen molar-refractivity contribution < 1.29 is 13.9 Å². The van der Waals surface area contributed by atoms with E-state index >= 15 is 0 Å². The zero-order valence-electron chi connectivity index (χ0n) is 15.4. The highest BCUT2D eigenvalue weighted by molar-refractivity contribution is 7.98. The van der Waals surface area contributed by atoms with Gasteiger partial charge in [0.25, 0.3) is 0 Å². The molecule has 3 rings (SSSR count). The first kappa shape index (κ1) is 19.0. The maximum absolute atomic E-state index is 13.8. The van der Waals surface area contributed by atoms with Crippen LogP contribution >= 0.6 is 11.8 Å². The largest absolute Gasteiger partial charge is 0.493 e. The summed E-state index contributed by atoms with van der Waals surface area (Å²) in [6, 6.07) is 12.5. The van der Waals surface area contributed by atoms with Crippen molar-refractivity contribution in [1.82, 2.24) is 14.9 Å². The Kier molecular flexibility index (Phi) is 6.18. The lowest BCUT2D eigenvalue weighted by Crippen LogP contribution is -2.17. The van der Waals surface area contributed by atoms with Crippen molar-refractivity contribution in [2.24, 2.45) is 0 Å². The maximum Gasteiger partial charge on any atom is 0.210 e. The summed E-state index contributed by atoms with van der Waals surface area (Å²) < 4.78 is 26.2. The molecule has 0 saturated carbocycles. The van der Waals surface area contributed by atoms with E-state index in [1.165, 1.54) is 17.8 Å². The molecule has 142 valence electrons. The number of aromatic nitrogens is 3. The number of nitrogens with one attached hydrogen (secondary N) is 1. The molecule has 0 radical (unpaired) electrons. The van der Waals surface area contributed by atoms with E-state index < -0.39 is 0 Å². The number of aryl methyl sites for hydroxylation is 1. The van der Waals surface area contributed by atoms with E-state index in [-0.39, 0.29) is 5.82 Å². The number of benzene rings is 2. The first-order valence-electron chi connectivity index (χ1n) is 8.35. The number of nitrogens with zero attached hydrogens (tertiary/aromatic N) is 3. The predicted molar refractivity (Wildman–Crippen MR) is 103 cm³/mol. The molecule has 1 N–H and O–H groups in total. The average molecular weight is 388 g/mol. The Morgan fingerprint density at radius 2 is 1.85 bits per heavy atom. The van der Waals surface area contributed by atoms with Gasteiger partial charge < -0.3 is 14.9 Å². The van der Waals surface area contributed by atoms with Crippen LogP contribution in [0.15, 0.2) is 47.6 Å². The zero-order chi connectivity index (χ0) is 19.2. The molecule has 0 amide bonds. The highest BCUT2D eigenvalue weighted by Gasteiger charge is 2.12. The van der Waals surface area contributed by atoms with Gasteiger partial charge in [-0.2, -0.15) is 0 Å². The second-order valence-electron chi connectivity index (χ2n) is 5.77. The van der Waals surface area contributed by atoms with Crippen LogP contribution in [-0.4, -0.2) is 29.1 Å². The van der Waals surface area contributed by atoms with Crippen molar-refractivity contribution in [3.05, 3.63) is 65.2 Å². The molecule has 1 aromatic heterocycles. The highest BCUT2D eigenvalue weighted by Crippen LogP contribution is 2.28. The number of hydrogen-bond donors (Lipinski definition) is 1. The smallest absolute Gasteiger partial charge is 0.210 e. The fourth-order valence-corrected chi connectivity index (χ4v) is 3.48. The second-order valence-corrected chi connectivity index (χ2v) is 6.71. The SMILES string of the molecule is COc1ccc(CNn2c(C)nnc2SCc2ccccc2F)cc1OC. The van der Waals surface area contributed by atoms with Crippen LogP contribution in [0.2, 0.25) is 0 Å². The number of hydrogen-bond acceptors (Lipinski definition) is 6. The molecule has 0 aliphatic heterocycles. The van der Waals surface area contributed by atoms with Crippen LogP contribution in [0.4, 0.5) is 4.39 Å². The summed E-state index contributed by atoms with van der Waals surface area (Å²) in [7, 11) is 3.21. The Morgan fingerprint density at radius 3 is 2.59 bits per heavy atom. The number of methoxy groups -OCH3 is 2. The lowest BCUT2D eigenvalue weighted by molar-refractivity contribution is 0.354. The number of ether oxygens (including phenoxy) is 2. The molecule has 0 aliphatic carbocycles. The number of thioether (sulfide) groups is 1. The molecule has 0 aliphatic rings. The molecule has 0 saturated heterocycles. The fourth-order valence-electron chi connectivity index (χ4n) is 2.54. The van der Waals surface area contributed by atoms with Gasteiger partial charge in [0, 0.05) is 5.75 Å². The van der Waals surface area contributed by atoms with Crippen LogP contribution in [0, 0.1) is 12.7 Å². The molecule has 0 unspecified atom stereocenters. The van der Waals surface area contributed by atoms with E-state index in [9.17, 15) is 4.39 Å². The molecule has 27 heavy (non-hydrogen) atoms. The van der Waals surface area contributed by atoms with Crippen LogP contribution in [0.3, 0.4) is 0 Å². The molecule has 6 nitrogen and oxygen atoms in total. The van der Waals surface area contributed by atoms with E-state index in [2.05, 4.69) is 15.6 Å². The summed E-state index contributed by atoms with van der Waals surface area (Å²) in [5, 5.41) is 8.97. The third kappa shape index (κ3) is 4.51. The van der Waals surface area contributed by atoms with Gasteiger partial charge in [-0.3, -0.25) is 0 Å². The van der Waals surface area contributed by atoms with Gasteiger partial charge in [0.05, 0.1) is 20.8 Å². The van der Waals surface area contributed by atoms with Gasteiger partial charge in [-0.05, 0) is 36.2 Å². The van der Waals surface area contributed by atoms with E-state index in [0.717, 1.165) is 11.4 Å². The third-order valence-electron chi connectivity index (χ3n) is 4.00. The molecular weight excluding hydrogens is 367 g/mol. The second kappa shape index (κ2) is 8.77. The van der Waals surface area contributed by atoms with Crippen molar-refractivity contribution in [2.75, 3.05) is 19.6 Å². The minimum absolute atomic E-state index is 0.217. The first-order chi connectivity index (χ1) is 13.1. The molecule has 2 aromatic carbocycles. The van der Waals surface area contributed by atoms with E-state index in [1.54, 1.807) is 26.4 Å². The van der Waals surface area contributed by atoms with Crippen molar-refractivity contribution in [3.63, 3.8) is 0 Å². The van der Waals surface area contributed by atoms with Gasteiger partial charge in [-0.25, -0.2) is 9.07 Å². The first-order valence-corrected chi connectivity index (χ1v) is 9.34. The van der Waals surface area contributed by atoms with Crippen molar-refractivity contribution in [1.29, 1.82) is 0 Å². The van der Waals surface area contributed by atoms with Gasteiger partial charge in [-0.1, -0.05) is 36.0 Å². The minimum Gasteiger partial charge on any atom is -0.493 e. The van der Waals surface area contributed by atoms with Gasteiger partial charge >= 0.3 is 0 Å². The lowest BCUT2D eigenvalue weighted by Gasteiger charge is -2.13. The lowest BCUT2D eigenvalue weighted by atomic mass is 10.2. The molecule has 0 spiro atoms. The molecular formula is C19H21FN4O2S. The quantitative estimate of drug-likeness (QED) is 0.593. The predicted octanol–water partition coefficient (Wildman–Crippen LogP) is 3.78. The number of rotatable bonds is 8. The van der Waals surface area contributed by atoms with Gasteiger partial charge in [0.1, 0.15) is 11.6 Å². The Bertz CT molecular complexity index is 916. The maximum atomic E-state index is 13.8. The Hall–Kier alpha value is -2.74. The summed E-state index contributed by atoms with van der Waals surface area (Å²) >= 11 is 1.43. The standard InChI is InChI=1S/C19H21FN4O2S/c1-13-22-23-19(27-12-15-6-4-5-7-16(15)20)24(13)21-11-14-8-9-17(25-2)18(10-14)26-3/h4-10,21H,11-12H2,1-3H3.